The highest BCUT2D eigenvalue weighted by Gasteiger charge is 2.82. The normalized spacial score (nSPS) is 25.8. The first-order valence-electron chi connectivity index (χ1n) is 27.8. The maximum Gasteiger partial charge on any atom is 0.449 e. The summed E-state index contributed by atoms with van der Waals surface area (Å²) in [5, 5.41) is 37.7. The zero-order valence-corrected chi connectivity index (χ0v) is 52.2. The molecule has 6 unspecified atom stereocenters. The van der Waals surface area contributed by atoms with E-state index in [0.29, 0.717) is 39.2 Å². The first kappa shape index (κ1) is 95.2. The Hall–Kier alpha value is -3.48. The zero-order valence-electron chi connectivity index (χ0n) is 52.2. The molecule has 6 atom stereocenters. The van der Waals surface area contributed by atoms with Crippen LogP contribution in [0.4, 0.5) is 70.2 Å². The first-order chi connectivity index (χ1) is 37.9. The quantitative estimate of drug-likeness (QED) is 0.0411. The van der Waals surface area contributed by atoms with Crippen LogP contribution in [0.25, 0.3) is 0 Å². The van der Waals surface area contributed by atoms with E-state index >= 15 is 0 Å². The molecule has 30 heteroatoms. The van der Waals surface area contributed by atoms with Gasteiger partial charge in [-0.05, 0) is 167 Å². The lowest BCUT2D eigenvalue weighted by atomic mass is 9.69. The summed E-state index contributed by atoms with van der Waals surface area (Å²) in [6, 6.07) is 0. The van der Waals surface area contributed by atoms with Gasteiger partial charge in [-0.15, -0.1) is 0 Å². The van der Waals surface area contributed by atoms with Crippen LogP contribution in [0.15, 0.2) is 0 Å². The van der Waals surface area contributed by atoms with Crippen molar-refractivity contribution in [3.8, 4) is 0 Å². The molecule has 2 saturated heterocycles. The van der Waals surface area contributed by atoms with E-state index < -0.39 is 154 Å². The number of hydrogen-bond donors (Lipinski definition) is 4. The average molecular weight is 1360 g/mol. The Balaban J connectivity index is -0.000000358. The molecule has 0 bridgehead atoms. The van der Waals surface area contributed by atoms with Gasteiger partial charge < -0.3 is 48.8 Å². The molecule has 0 aromatic rings. The van der Waals surface area contributed by atoms with Crippen LogP contribution < -0.4 is 0 Å². The first-order valence-corrected chi connectivity index (χ1v) is 27.8. The minimum Gasteiger partial charge on any atom is -0.465 e. The van der Waals surface area contributed by atoms with Gasteiger partial charge in [-0.25, -0.2) is 0 Å². The van der Waals surface area contributed by atoms with Crippen LogP contribution in [0.5, 0.6) is 0 Å². The molecule has 0 spiro atoms. The monoisotopic (exact) mass is 1350 g/mol. The number of halogens is 16. The Bertz CT molecular complexity index is 2150. The van der Waals surface area contributed by atoms with Crippen molar-refractivity contribution in [3.63, 3.8) is 0 Å². The third-order valence-corrected chi connectivity index (χ3v) is 17.0. The van der Waals surface area contributed by atoms with Crippen LogP contribution in [0.2, 0.25) is 0 Å². The standard InChI is InChI=1S/C18H28F6O3.2C13H19F5O4.C12H24O3.4CH4/c1-6-14(2,3)13(25)27-16(5,18(22,23)24)12-9-7-11(8-10-12)15(4,26)17(19,20)21;2*1-5-9(2,3)8(19)21-6-10(4)7-22-12(20,11(10,14)15)13(16,17)18;1-6-11(2,3)10(13)15-9-7-8-12(4,5)14;;;;/h11-12,26H,6-10H2,1-5H3;2*20H,5-7H2,1-4H3;14H,6-9H2,1-5H3;4*1H4. The fourth-order valence-electron chi connectivity index (χ4n) is 7.92. The van der Waals surface area contributed by atoms with Crippen LogP contribution in [-0.2, 0) is 47.6 Å². The van der Waals surface area contributed by atoms with Crippen molar-refractivity contribution in [1.29, 1.82) is 0 Å². The van der Waals surface area contributed by atoms with Gasteiger partial charge in [0.25, 0.3) is 0 Å². The molecule has 0 aromatic heterocycles. The van der Waals surface area contributed by atoms with E-state index in [-0.39, 0.29) is 67.8 Å². The Morgan fingerprint density at radius 3 is 0.989 bits per heavy atom. The van der Waals surface area contributed by atoms with Gasteiger partial charge in [0.15, 0.2) is 5.60 Å². The van der Waals surface area contributed by atoms with Crippen molar-refractivity contribution in [2.24, 2.45) is 44.3 Å². The Morgan fingerprint density at radius 1 is 0.467 bits per heavy atom. The third kappa shape index (κ3) is 21.5. The Labute approximate surface area is 521 Å². The Kier molecular flexibility index (Phi) is 34.2. The van der Waals surface area contributed by atoms with Crippen molar-refractivity contribution in [1.82, 2.24) is 0 Å². The van der Waals surface area contributed by atoms with E-state index in [1.807, 2.05) is 20.8 Å². The van der Waals surface area contributed by atoms with E-state index in [1.54, 1.807) is 34.6 Å². The molecule has 3 fully saturated rings. The summed E-state index contributed by atoms with van der Waals surface area (Å²) in [4.78, 5) is 47.3. The lowest BCUT2D eigenvalue weighted by molar-refractivity contribution is -0.408. The van der Waals surface area contributed by atoms with Gasteiger partial charge in [0.05, 0.1) is 57.9 Å². The van der Waals surface area contributed by atoms with E-state index in [0.717, 1.165) is 27.2 Å². The van der Waals surface area contributed by atoms with Crippen LogP contribution >= 0.6 is 0 Å². The number of ether oxygens (including phenoxy) is 6. The molecular formula is C60H106F16O14. The van der Waals surface area contributed by atoms with Crippen molar-refractivity contribution < 1.29 is 138 Å². The molecule has 3 rings (SSSR count). The fraction of sp³-hybridized carbons (Fsp3) is 0.933. The Morgan fingerprint density at radius 2 is 0.744 bits per heavy atom. The second-order valence-corrected chi connectivity index (χ2v) is 26.5. The van der Waals surface area contributed by atoms with Gasteiger partial charge in [0, 0.05) is 5.92 Å². The van der Waals surface area contributed by atoms with Crippen LogP contribution in [0, 0.1) is 44.3 Å². The lowest BCUT2D eigenvalue weighted by Gasteiger charge is -2.45. The molecule has 90 heavy (non-hydrogen) atoms. The maximum absolute atomic E-state index is 14.1. The number of esters is 4. The molecule has 1 aliphatic carbocycles. The highest BCUT2D eigenvalue weighted by Crippen LogP contribution is 2.59. The van der Waals surface area contributed by atoms with Gasteiger partial charge in [0.2, 0.25) is 5.60 Å². The summed E-state index contributed by atoms with van der Waals surface area (Å²) >= 11 is 0. The summed E-state index contributed by atoms with van der Waals surface area (Å²) in [5.41, 5.74) is -14.8. The highest BCUT2D eigenvalue weighted by molar-refractivity contribution is 5.77. The van der Waals surface area contributed by atoms with E-state index in [9.17, 15) is 110 Å². The van der Waals surface area contributed by atoms with Gasteiger partial charge in [-0.2, -0.15) is 70.2 Å². The van der Waals surface area contributed by atoms with Crippen LogP contribution in [0.3, 0.4) is 0 Å². The van der Waals surface area contributed by atoms with Crippen LogP contribution in [-0.4, -0.2) is 142 Å². The minimum absolute atomic E-state index is 0. The minimum atomic E-state index is -5.68. The number of hydrogen-bond acceptors (Lipinski definition) is 14. The molecule has 0 amide bonds. The summed E-state index contributed by atoms with van der Waals surface area (Å²) in [6.45, 7) is 22.4. The molecule has 1 saturated carbocycles. The van der Waals surface area contributed by atoms with Gasteiger partial charge in [-0.3, -0.25) is 19.2 Å². The maximum atomic E-state index is 14.1. The second kappa shape index (κ2) is 32.3. The number of rotatable bonds is 19. The topological polar surface area (TPSA) is 205 Å². The summed E-state index contributed by atoms with van der Waals surface area (Å²) < 4.78 is 240. The number of carbonyl (C=O) groups is 4. The van der Waals surface area contributed by atoms with Crippen molar-refractivity contribution in [3.05, 3.63) is 0 Å². The predicted molar refractivity (Wildman–Crippen MR) is 304 cm³/mol. The predicted octanol–water partition coefficient (Wildman–Crippen LogP) is 16.2. The highest BCUT2D eigenvalue weighted by atomic mass is 19.4. The molecule has 2 heterocycles. The SMILES string of the molecule is C.C.C.C.CCC(C)(C)C(=O)OC(C)(C1CCC(C(C)(O)C(F)(F)F)CC1)C(F)(F)F.CCC(C)(C)C(=O)OCC1(C)COC(O)(C(F)(F)F)C1(F)F.CCC(C)(C)C(=O)OCC1(C)COC(O)(C(F)(F)F)C1(F)F.CCC(C)(C)C(=O)OCCCC(C)(C)O. The zero-order chi connectivity index (χ0) is 68.8. The molecule has 0 aromatic carbocycles. The molecule has 2 aliphatic heterocycles. The smallest absolute Gasteiger partial charge is 0.449 e. The summed E-state index contributed by atoms with van der Waals surface area (Å²) in [6.07, 6.45) is -18.9. The molecular weight excluding hydrogens is 1250 g/mol. The van der Waals surface area contributed by atoms with E-state index in [4.69, 9.17) is 18.9 Å². The molecule has 0 radical (unpaired) electrons. The van der Waals surface area contributed by atoms with Gasteiger partial charge in [-0.1, -0.05) is 57.4 Å². The largest absolute Gasteiger partial charge is 0.465 e. The van der Waals surface area contributed by atoms with E-state index in [1.165, 1.54) is 41.5 Å². The average Bonchev–Trinajstić information content (AvgIpc) is 1.54. The summed E-state index contributed by atoms with van der Waals surface area (Å²) in [5.74, 6) is -23.7. The van der Waals surface area contributed by atoms with Gasteiger partial charge >= 0.3 is 72.0 Å². The molecule has 4 N–H and O–H groups in total. The van der Waals surface area contributed by atoms with Crippen LogP contribution in [0.1, 0.15) is 219 Å². The lowest BCUT2D eigenvalue weighted by Crippen LogP contribution is -2.61. The van der Waals surface area contributed by atoms with E-state index in [2.05, 4.69) is 9.47 Å². The third-order valence-electron chi connectivity index (χ3n) is 17.0. The van der Waals surface area contributed by atoms with Crippen molar-refractivity contribution >= 4 is 23.9 Å². The van der Waals surface area contributed by atoms with Crippen molar-refractivity contribution in [2.45, 2.75) is 283 Å². The van der Waals surface area contributed by atoms with Gasteiger partial charge in [0.1, 0.15) is 13.2 Å². The molecule has 542 valence electrons. The molecule has 3 aliphatic rings. The molecule has 14 nitrogen and oxygen atoms in total. The number of alkyl halides is 16. The summed E-state index contributed by atoms with van der Waals surface area (Å²) in [7, 11) is 0. The second-order valence-electron chi connectivity index (χ2n) is 26.5. The fourth-order valence-corrected chi connectivity index (χ4v) is 7.92. The van der Waals surface area contributed by atoms with Crippen molar-refractivity contribution in [2.75, 3.05) is 33.0 Å². The number of carbonyl (C=O) groups excluding carboxylic acids is 4. The number of aliphatic hydroxyl groups is 4.